The fraction of sp³-hybridized carbons (Fsp3) is 0.585. The molecule has 0 saturated carbocycles. The molecule has 2 heterocycles. The first-order valence-corrected chi connectivity index (χ1v) is 21.2. The van der Waals surface area contributed by atoms with Gasteiger partial charge in [0.2, 0.25) is 0 Å². The summed E-state index contributed by atoms with van der Waals surface area (Å²) in [4.78, 5) is 52.7. The molecule has 1 saturated heterocycles. The second-order valence-corrected chi connectivity index (χ2v) is 15.2. The molecule has 350 valence electrons. The van der Waals surface area contributed by atoms with E-state index >= 15 is 0 Å². The van der Waals surface area contributed by atoms with E-state index in [1.165, 1.54) is 9.80 Å². The Hall–Kier alpha value is -4.75. The molecule has 4 rings (SSSR count). The van der Waals surface area contributed by atoms with Crippen LogP contribution in [-0.4, -0.2) is 220 Å². The van der Waals surface area contributed by atoms with Gasteiger partial charge in [-0.2, -0.15) is 0 Å². The van der Waals surface area contributed by atoms with Gasteiger partial charge in [0.15, 0.2) is 16.6 Å². The Morgan fingerprint density at radius 2 is 1.11 bits per heavy atom. The second-order valence-electron chi connectivity index (χ2n) is 14.8. The average Bonchev–Trinajstić information content (AvgIpc) is 3.22. The molecule has 0 aromatic heterocycles. The van der Waals surface area contributed by atoms with E-state index < -0.39 is 49.6 Å². The minimum Gasteiger partial charge on any atom is -0.488 e. The highest BCUT2D eigenvalue weighted by atomic mass is 32.1. The number of aliphatic carboxylic acids is 4. The Kier molecular flexibility index (Phi) is 23.3. The van der Waals surface area contributed by atoms with E-state index in [1.807, 2.05) is 30.3 Å². The van der Waals surface area contributed by atoms with Gasteiger partial charge < -0.3 is 64.8 Å². The number of thiocarbonyl (C=S) groups is 1. The molecule has 21 nitrogen and oxygen atoms in total. The molecule has 22 heteroatoms. The first-order valence-electron chi connectivity index (χ1n) is 20.8. The van der Waals surface area contributed by atoms with Crippen molar-refractivity contribution in [1.82, 2.24) is 24.9 Å². The van der Waals surface area contributed by atoms with Crippen LogP contribution in [-0.2, 0) is 44.5 Å². The van der Waals surface area contributed by atoms with Crippen LogP contribution in [0.5, 0.6) is 11.5 Å². The van der Waals surface area contributed by atoms with Crippen molar-refractivity contribution in [2.45, 2.75) is 12.5 Å². The number of benzene rings is 2. The molecule has 0 amide bonds. The van der Waals surface area contributed by atoms with Gasteiger partial charge in [0.1, 0.15) is 13.2 Å². The fourth-order valence-corrected chi connectivity index (χ4v) is 6.87. The molecule has 0 radical (unpaired) electrons. The van der Waals surface area contributed by atoms with Gasteiger partial charge in [-0.15, -0.1) is 0 Å². The lowest BCUT2D eigenvalue weighted by molar-refractivity contribution is -0.143. The quantitative estimate of drug-likeness (QED) is 0.0787. The lowest BCUT2D eigenvalue weighted by Gasteiger charge is -2.29. The third-order valence-corrected chi connectivity index (χ3v) is 9.93. The highest BCUT2D eigenvalue weighted by Gasteiger charge is 2.21. The van der Waals surface area contributed by atoms with E-state index in [4.69, 9.17) is 40.6 Å². The molecule has 2 aromatic rings. The summed E-state index contributed by atoms with van der Waals surface area (Å²) in [6, 6.07) is 12.3. The number of hydrogen-bond donors (Lipinski definition) is 7. The summed E-state index contributed by atoms with van der Waals surface area (Å²) in [5.74, 6) is -3.57. The Labute approximate surface area is 372 Å². The van der Waals surface area contributed by atoms with E-state index in [0.717, 1.165) is 5.56 Å². The number of nitrogens with zero attached hydrogens (tertiary/aromatic N) is 4. The van der Waals surface area contributed by atoms with Gasteiger partial charge >= 0.3 is 23.9 Å². The zero-order chi connectivity index (χ0) is 45.2. The number of carboxylic acids is 4. The van der Waals surface area contributed by atoms with Gasteiger partial charge in [-0.25, -0.2) is 0 Å². The molecule has 2 aromatic carbocycles. The molecule has 0 aliphatic carbocycles. The van der Waals surface area contributed by atoms with Crippen LogP contribution < -0.4 is 25.4 Å². The summed E-state index contributed by atoms with van der Waals surface area (Å²) in [6.45, 7) is 6.28. The largest absolute Gasteiger partial charge is 0.488 e. The van der Waals surface area contributed by atoms with E-state index in [2.05, 4.69) is 25.8 Å². The number of carboxylic acid groups (broad SMARTS) is 4. The summed E-state index contributed by atoms with van der Waals surface area (Å²) < 4.78 is 35.9. The van der Waals surface area contributed by atoms with Crippen LogP contribution >= 0.6 is 12.2 Å². The maximum absolute atomic E-state index is 11.7. The molecule has 3 unspecified atom stereocenters. The molecule has 1 fully saturated rings. The van der Waals surface area contributed by atoms with Crippen LogP contribution in [0.1, 0.15) is 5.56 Å². The van der Waals surface area contributed by atoms with Crippen molar-refractivity contribution in [3.63, 3.8) is 0 Å². The summed E-state index contributed by atoms with van der Waals surface area (Å²) in [5, 5.41) is 46.9. The van der Waals surface area contributed by atoms with Crippen LogP contribution in [0.2, 0.25) is 0 Å². The number of hydrogen-bond acceptors (Lipinski definition) is 16. The molecule has 7 N–H and O–H groups in total. The summed E-state index contributed by atoms with van der Waals surface area (Å²) in [7, 11) is 0. The lowest BCUT2D eigenvalue weighted by Crippen LogP contribution is -2.48. The molecule has 0 spiro atoms. The second kappa shape index (κ2) is 28.8. The van der Waals surface area contributed by atoms with E-state index in [9.17, 15) is 39.6 Å². The van der Waals surface area contributed by atoms with Crippen molar-refractivity contribution in [2.24, 2.45) is 0 Å². The topological polar surface area (TPSA) is 254 Å². The maximum Gasteiger partial charge on any atom is 0.317 e. The van der Waals surface area contributed by atoms with Gasteiger partial charge in [-0.1, -0.05) is 12.1 Å². The SMILES string of the molecule is O=C(O)CNC(Cc1ccc(NC(=S)Nc2ccc3c(c2)OCCN2CCOCCOCCN(CCOCCOC2)CCO3)cc1)CN(CCN(CC(=O)O)CC(=O)O)CC(=O)O. The third-order valence-electron chi connectivity index (χ3n) is 9.73. The smallest absolute Gasteiger partial charge is 0.317 e. The predicted molar refractivity (Wildman–Crippen MR) is 234 cm³/mol. The number of ether oxygens (including phenoxy) is 6. The Balaban J connectivity index is 1.40. The van der Waals surface area contributed by atoms with Crippen molar-refractivity contribution in [3.05, 3.63) is 48.0 Å². The van der Waals surface area contributed by atoms with Crippen molar-refractivity contribution >= 4 is 52.6 Å². The Morgan fingerprint density at radius 1 is 0.603 bits per heavy atom. The first kappa shape index (κ1) is 50.9. The van der Waals surface area contributed by atoms with Crippen LogP contribution in [0, 0.1) is 0 Å². The maximum atomic E-state index is 11.7. The van der Waals surface area contributed by atoms with Crippen LogP contribution in [0.4, 0.5) is 11.4 Å². The van der Waals surface area contributed by atoms with E-state index in [-0.39, 0.29) is 26.2 Å². The van der Waals surface area contributed by atoms with Crippen molar-refractivity contribution in [1.29, 1.82) is 0 Å². The van der Waals surface area contributed by atoms with Gasteiger partial charge in [0.25, 0.3) is 0 Å². The highest BCUT2D eigenvalue weighted by Crippen LogP contribution is 2.31. The molecular formula is C41H61N7O14S. The molecule has 63 heavy (non-hydrogen) atoms. The molecule has 2 bridgehead atoms. The molecule has 2 aliphatic rings. The van der Waals surface area contributed by atoms with Crippen LogP contribution in [0.15, 0.2) is 42.5 Å². The zero-order valence-electron chi connectivity index (χ0n) is 35.5. The van der Waals surface area contributed by atoms with Gasteiger partial charge in [-0.3, -0.25) is 38.8 Å². The van der Waals surface area contributed by atoms with Gasteiger partial charge in [-0.05, 0) is 48.5 Å². The molecular weight excluding hydrogens is 847 g/mol. The predicted octanol–water partition coefficient (Wildman–Crippen LogP) is 0.351. The number of nitrogens with one attached hydrogen (secondary N) is 3. The summed E-state index contributed by atoms with van der Waals surface area (Å²) >= 11 is 5.66. The average molecular weight is 908 g/mol. The standard InChI is InChI=1S/C41H61N7O14S/c49-37(50)25-42-34(26-47(27-38(51)52)7-8-48(28-39(53)54)29-40(55)56)23-31-1-3-32(4-2-31)43-41(63)44-33-5-6-35-36(24-33)62-18-13-46-11-16-59-20-19-57-14-9-45(12-17-61-35)10-15-58-21-22-60-30-46/h1-6,24,34,42H,7-23,25-30H2,(H,49,50)(H,51,52)(H,53,54)(H,55,56)(H2,43,44,63). The number of anilines is 2. The van der Waals surface area contributed by atoms with Gasteiger partial charge in [0.05, 0.1) is 79.2 Å². The van der Waals surface area contributed by atoms with E-state index in [1.54, 1.807) is 12.1 Å². The normalized spacial score (nSPS) is 18.9. The summed E-state index contributed by atoms with van der Waals surface area (Å²) in [6.07, 6.45) is 0.316. The van der Waals surface area contributed by atoms with Crippen molar-refractivity contribution < 1.29 is 68.0 Å². The lowest BCUT2D eigenvalue weighted by atomic mass is 10.0. The van der Waals surface area contributed by atoms with Crippen LogP contribution in [0.3, 0.4) is 0 Å². The monoisotopic (exact) mass is 907 g/mol. The van der Waals surface area contributed by atoms with Gasteiger partial charge in [0, 0.05) is 75.8 Å². The minimum atomic E-state index is -1.22. The Morgan fingerprint density at radius 3 is 1.73 bits per heavy atom. The molecule has 2 aliphatic heterocycles. The first-order chi connectivity index (χ1) is 30.4. The van der Waals surface area contributed by atoms with E-state index in [0.29, 0.717) is 133 Å². The van der Waals surface area contributed by atoms with Crippen molar-refractivity contribution in [2.75, 3.05) is 155 Å². The number of fused-ring (bicyclic) bond motifs is 9. The summed E-state index contributed by atoms with van der Waals surface area (Å²) in [5.41, 5.74) is 2.14. The zero-order valence-corrected chi connectivity index (χ0v) is 36.3. The highest BCUT2D eigenvalue weighted by molar-refractivity contribution is 7.80. The van der Waals surface area contributed by atoms with Crippen LogP contribution in [0.25, 0.3) is 0 Å². The van der Waals surface area contributed by atoms with Crippen molar-refractivity contribution in [3.8, 4) is 11.5 Å². The third kappa shape index (κ3) is 21.9. The molecule has 3 atom stereocenters. The minimum absolute atomic E-state index is 0.0315. The Bertz CT molecular complexity index is 1710. The fourth-order valence-electron chi connectivity index (χ4n) is 6.63. The number of rotatable bonds is 18. The number of carbonyl (C=O) groups is 4.